The van der Waals surface area contributed by atoms with E-state index >= 15 is 0 Å². The Balaban J connectivity index is 1.74. The number of benzene rings is 1. The smallest absolute Gasteiger partial charge is 0.138 e. The van der Waals surface area contributed by atoms with Crippen LogP contribution in [0.5, 0.6) is 5.75 Å². The lowest BCUT2D eigenvalue weighted by Crippen LogP contribution is -2.64. The average Bonchev–Trinajstić information content (AvgIpc) is 2.29. The third kappa shape index (κ3) is 3.54. The van der Waals surface area contributed by atoms with E-state index in [1.165, 1.54) is 0 Å². The van der Waals surface area contributed by atoms with E-state index in [-0.39, 0.29) is 5.92 Å². The molecule has 0 spiro atoms. The van der Waals surface area contributed by atoms with Gasteiger partial charge < -0.3 is 9.84 Å². The van der Waals surface area contributed by atoms with Crippen LogP contribution >= 0.6 is 23.2 Å². The van der Waals surface area contributed by atoms with Crippen LogP contribution in [0.2, 0.25) is 10.0 Å². The maximum absolute atomic E-state index is 10.1. The average molecular weight is 304 g/mol. The fourth-order valence-electron chi connectivity index (χ4n) is 2.13. The number of halogens is 2. The van der Waals surface area contributed by atoms with Crippen molar-refractivity contribution in [1.29, 1.82) is 0 Å². The van der Waals surface area contributed by atoms with Crippen LogP contribution in [0.4, 0.5) is 0 Å². The molecule has 5 heteroatoms. The van der Waals surface area contributed by atoms with E-state index in [4.69, 9.17) is 27.9 Å². The molecule has 2 rings (SSSR count). The molecule has 19 heavy (non-hydrogen) atoms. The molecule has 0 aliphatic carbocycles. The van der Waals surface area contributed by atoms with Crippen molar-refractivity contribution in [2.45, 2.75) is 19.4 Å². The van der Waals surface area contributed by atoms with E-state index in [1.54, 1.807) is 18.2 Å². The van der Waals surface area contributed by atoms with Gasteiger partial charge in [0.15, 0.2) is 0 Å². The summed E-state index contributed by atoms with van der Waals surface area (Å²) in [5.74, 6) is 0.932. The molecule has 0 saturated carbocycles. The van der Waals surface area contributed by atoms with Gasteiger partial charge in [0.2, 0.25) is 0 Å². The normalized spacial score (nSPS) is 18.4. The van der Waals surface area contributed by atoms with Crippen LogP contribution in [0.1, 0.15) is 13.8 Å². The number of nitrogens with zero attached hydrogens (tertiary/aromatic N) is 1. The van der Waals surface area contributed by atoms with E-state index < -0.39 is 5.60 Å². The summed E-state index contributed by atoms with van der Waals surface area (Å²) in [4.78, 5) is 2.17. The molecule has 1 fully saturated rings. The monoisotopic (exact) mass is 303 g/mol. The highest BCUT2D eigenvalue weighted by Gasteiger charge is 2.43. The molecule has 1 aromatic rings. The van der Waals surface area contributed by atoms with Crippen LogP contribution in [-0.4, -0.2) is 41.8 Å². The maximum Gasteiger partial charge on any atom is 0.138 e. The van der Waals surface area contributed by atoms with Crippen LogP contribution < -0.4 is 4.74 Å². The minimum absolute atomic E-state index is 0.287. The predicted molar refractivity (Wildman–Crippen MR) is 78.2 cm³/mol. The summed E-state index contributed by atoms with van der Waals surface area (Å²) >= 11 is 11.8. The van der Waals surface area contributed by atoms with Crippen molar-refractivity contribution in [3.63, 3.8) is 0 Å². The topological polar surface area (TPSA) is 32.7 Å². The Kier molecular flexibility index (Phi) is 4.62. The summed E-state index contributed by atoms with van der Waals surface area (Å²) in [5.41, 5.74) is -0.530. The van der Waals surface area contributed by atoms with Gasteiger partial charge in [-0.2, -0.15) is 0 Å². The number of aliphatic hydroxyl groups is 1. The van der Waals surface area contributed by atoms with Gasteiger partial charge in [-0.15, -0.1) is 0 Å². The minimum atomic E-state index is -0.530. The van der Waals surface area contributed by atoms with Gasteiger partial charge >= 0.3 is 0 Å². The lowest BCUT2D eigenvalue weighted by atomic mass is 9.83. The van der Waals surface area contributed by atoms with Crippen molar-refractivity contribution in [2.75, 3.05) is 26.2 Å². The molecule has 1 aliphatic rings. The molecule has 1 heterocycles. The maximum atomic E-state index is 10.1. The van der Waals surface area contributed by atoms with Gasteiger partial charge in [0.1, 0.15) is 12.4 Å². The number of hydrogen-bond acceptors (Lipinski definition) is 3. The zero-order valence-corrected chi connectivity index (χ0v) is 12.7. The number of rotatable bonds is 5. The molecule has 1 N–H and O–H groups in total. The summed E-state index contributed by atoms with van der Waals surface area (Å²) in [5, 5.41) is 11.3. The first kappa shape index (κ1) is 14.9. The van der Waals surface area contributed by atoms with Gasteiger partial charge in [-0.05, 0) is 24.1 Å². The summed E-state index contributed by atoms with van der Waals surface area (Å²) in [6.07, 6.45) is 0. The standard InChI is InChI=1S/C14H19Cl2NO2/c1-10(2)14(18)8-17(9-14)5-6-19-13-4-3-11(15)7-12(13)16/h3-4,7,10,18H,5-6,8-9H2,1-2H3. The van der Waals surface area contributed by atoms with Crippen LogP contribution in [0.25, 0.3) is 0 Å². The van der Waals surface area contributed by atoms with E-state index in [9.17, 15) is 5.11 Å². The molecule has 1 aromatic carbocycles. The second kappa shape index (κ2) is 5.88. The van der Waals surface area contributed by atoms with E-state index in [0.717, 1.165) is 6.54 Å². The molecule has 0 unspecified atom stereocenters. The Hall–Kier alpha value is -0.480. The van der Waals surface area contributed by atoms with E-state index in [0.29, 0.717) is 35.5 Å². The molecule has 0 bridgehead atoms. The van der Waals surface area contributed by atoms with Gasteiger partial charge in [-0.25, -0.2) is 0 Å². The lowest BCUT2D eigenvalue weighted by Gasteiger charge is -2.49. The molecule has 3 nitrogen and oxygen atoms in total. The molecule has 106 valence electrons. The Morgan fingerprint density at radius 3 is 2.63 bits per heavy atom. The van der Waals surface area contributed by atoms with Crippen LogP contribution in [-0.2, 0) is 0 Å². The lowest BCUT2D eigenvalue weighted by molar-refractivity contribution is -0.129. The molecule has 1 saturated heterocycles. The first-order valence-electron chi connectivity index (χ1n) is 6.43. The molecule has 0 amide bonds. The highest BCUT2D eigenvalue weighted by Crippen LogP contribution is 2.29. The molecular weight excluding hydrogens is 285 g/mol. The molecule has 0 aromatic heterocycles. The van der Waals surface area contributed by atoms with Crippen LogP contribution in [0.3, 0.4) is 0 Å². The summed E-state index contributed by atoms with van der Waals surface area (Å²) < 4.78 is 5.61. The second-order valence-electron chi connectivity index (χ2n) is 5.39. The summed E-state index contributed by atoms with van der Waals surface area (Å²) in [6, 6.07) is 5.19. The Morgan fingerprint density at radius 2 is 2.05 bits per heavy atom. The second-order valence-corrected chi connectivity index (χ2v) is 6.24. The molecule has 0 atom stereocenters. The van der Waals surface area contributed by atoms with Crippen molar-refractivity contribution >= 4 is 23.2 Å². The highest BCUT2D eigenvalue weighted by molar-refractivity contribution is 6.35. The fraction of sp³-hybridized carbons (Fsp3) is 0.571. The van der Waals surface area contributed by atoms with Crippen LogP contribution in [0.15, 0.2) is 18.2 Å². The quantitative estimate of drug-likeness (QED) is 0.907. The largest absolute Gasteiger partial charge is 0.491 e. The fourth-order valence-corrected chi connectivity index (χ4v) is 2.59. The number of hydrogen-bond donors (Lipinski definition) is 1. The zero-order valence-electron chi connectivity index (χ0n) is 11.2. The molecule has 1 aliphatic heterocycles. The summed E-state index contributed by atoms with van der Waals surface area (Å²) in [6.45, 7) is 6.84. The number of β-amino-alcohol motifs (C(OH)–C–C–N with tert-alkyl or cyclic N) is 1. The van der Waals surface area contributed by atoms with Crippen molar-refractivity contribution < 1.29 is 9.84 Å². The third-order valence-corrected chi connectivity index (χ3v) is 4.16. The van der Waals surface area contributed by atoms with Gasteiger partial charge in [-0.3, -0.25) is 4.90 Å². The van der Waals surface area contributed by atoms with Crippen molar-refractivity contribution in [1.82, 2.24) is 4.90 Å². The Bertz CT molecular complexity index is 445. The molecular formula is C14H19Cl2NO2. The van der Waals surface area contributed by atoms with E-state index in [1.807, 2.05) is 13.8 Å². The van der Waals surface area contributed by atoms with E-state index in [2.05, 4.69) is 4.90 Å². The third-order valence-electron chi connectivity index (χ3n) is 3.63. The van der Waals surface area contributed by atoms with Gasteiger partial charge in [0.25, 0.3) is 0 Å². The zero-order chi connectivity index (χ0) is 14.0. The highest BCUT2D eigenvalue weighted by atomic mass is 35.5. The molecule has 0 radical (unpaired) electrons. The Labute approximate surface area is 124 Å². The van der Waals surface area contributed by atoms with Gasteiger partial charge in [0.05, 0.1) is 10.6 Å². The predicted octanol–water partition coefficient (Wildman–Crippen LogP) is 3.07. The first-order chi connectivity index (χ1) is 8.90. The van der Waals surface area contributed by atoms with Crippen molar-refractivity contribution in [3.05, 3.63) is 28.2 Å². The van der Waals surface area contributed by atoms with Gasteiger partial charge in [0, 0.05) is 24.7 Å². The van der Waals surface area contributed by atoms with Crippen molar-refractivity contribution in [3.8, 4) is 5.75 Å². The Morgan fingerprint density at radius 1 is 1.37 bits per heavy atom. The number of likely N-dealkylation sites (tertiary alicyclic amines) is 1. The first-order valence-corrected chi connectivity index (χ1v) is 7.19. The van der Waals surface area contributed by atoms with Gasteiger partial charge in [-0.1, -0.05) is 37.0 Å². The van der Waals surface area contributed by atoms with Crippen LogP contribution in [0, 0.1) is 5.92 Å². The minimum Gasteiger partial charge on any atom is -0.491 e. The SMILES string of the molecule is CC(C)C1(O)CN(CCOc2ccc(Cl)cc2Cl)C1. The number of ether oxygens (including phenoxy) is 1. The summed E-state index contributed by atoms with van der Waals surface area (Å²) in [7, 11) is 0. The van der Waals surface area contributed by atoms with Crippen molar-refractivity contribution in [2.24, 2.45) is 5.92 Å².